The number of hydrogen-bond donors (Lipinski definition) is 1. The zero-order valence-corrected chi connectivity index (χ0v) is 9.99. The van der Waals surface area contributed by atoms with Crippen molar-refractivity contribution in [1.82, 2.24) is 0 Å². The summed E-state index contributed by atoms with van der Waals surface area (Å²) in [6.07, 6.45) is -0.295. The van der Waals surface area contributed by atoms with Crippen molar-refractivity contribution in [1.29, 1.82) is 0 Å². The van der Waals surface area contributed by atoms with Gasteiger partial charge in [0.2, 0.25) is 5.91 Å². The van der Waals surface area contributed by atoms with Crippen molar-refractivity contribution in [2.75, 3.05) is 11.4 Å². The number of benzene rings is 1. The fraction of sp³-hybridized carbons (Fsp3) is 0.364. The number of rotatable bonds is 1. The molecule has 0 radical (unpaired) electrons. The van der Waals surface area contributed by atoms with Crippen molar-refractivity contribution in [2.45, 2.75) is 19.4 Å². The summed E-state index contributed by atoms with van der Waals surface area (Å²) in [5.41, 5.74) is 1.94. The highest BCUT2D eigenvalue weighted by molar-refractivity contribution is 9.10. The van der Waals surface area contributed by atoms with E-state index in [1.165, 1.54) is 0 Å². The van der Waals surface area contributed by atoms with Crippen LogP contribution in [-0.2, 0) is 4.79 Å². The number of aliphatic hydroxyl groups excluding tert-OH is 1. The van der Waals surface area contributed by atoms with E-state index in [9.17, 15) is 9.90 Å². The quantitative estimate of drug-likeness (QED) is 0.846. The van der Waals surface area contributed by atoms with Crippen LogP contribution < -0.4 is 4.90 Å². The fourth-order valence-corrected chi connectivity index (χ4v) is 1.98. The minimum Gasteiger partial charge on any atom is -0.391 e. The summed E-state index contributed by atoms with van der Waals surface area (Å²) in [6.45, 7) is 2.38. The first kappa shape index (κ1) is 10.6. The molecular formula is C11H12BrNO2. The molecule has 0 aliphatic carbocycles. The smallest absolute Gasteiger partial charge is 0.229 e. The number of nitrogens with zero attached hydrogens (tertiary/aromatic N) is 1. The van der Waals surface area contributed by atoms with Crippen LogP contribution in [0.15, 0.2) is 22.7 Å². The van der Waals surface area contributed by atoms with E-state index in [0.29, 0.717) is 6.54 Å². The normalized spacial score (nSPS) is 21.1. The number of β-amino-alcohol motifs (C(OH)–C–C–N with tert-alkyl or cyclic N) is 1. The molecule has 1 fully saturated rings. The third-order valence-electron chi connectivity index (χ3n) is 2.56. The third kappa shape index (κ3) is 2.06. The average Bonchev–Trinajstić information content (AvgIpc) is 2.50. The number of aliphatic hydroxyl groups is 1. The summed E-state index contributed by atoms with van der Waals surface area (Å²) < 4.78 is 1.03. The Hall–Kier alpha value is -0.870. The molecule has 1 N–H and O–H groups in total. The van der Waals surface area contributed by atoms with Crippen LogP contribution in [0.25, 0.3) is 0 Å². The number of hydrogen-bond acceptors (Lipinski definition) is 2. The maximum atomic E-state index is 11.5. The highest BCUT2D eigenvalue weighted by Gasteiger charge is 2.28. The zero-order valence-electron chi connectivity index (χ0n) is 8.40. The lowest BCUT2D eigenvalue weighted by Crippen LogP contribution is -2.25. The summed E-state index contributed by atoms with van der Waals surface area (Å²) in [4.78, 5) is 13.2. The van der Waals surface area contributed by atoms with Gasteiger partial charge in [-0.15, -0.1) is 0 Å². The molecule has 1 atom stereocenters. The van der Waals surface area contributed by atoms with Gasteiger partial charge in [-0.25, -0.2) is 0 Å². The Bertz CT molecular complexity index is 406. The van der Waals surface area contributed by atoms with Crippen molar-refractivity contribution >= 4 is 27.5 Å². The highest BCUT2D eigenvalue weighted by atomic mass is 79.9. The predicted molar refractivity (Wildman–Crippen MR) is 61.9 cm³/mol. The molecule has 1 aliphatic rings. The Morgan fingerprint density at radius 3 is 2.80 bits per heavy atom. The number of halogens is 1. The number of aryl methyl sites for hydroxylation is 1. The van der Waals surface area contributed by atoms with Crippen LogP contribution >= 0.6 is 15.9 Å². The Morgan fingerprint density at radius 2 is 2.27 bits per heavy atom. The summed E-state index contributed by atoms with van der Waals surface area (Å²) in [5, 5.41) is 9.38. The lowest BCUT2D eigenvalue weighted by atomic mass is 10.2. The van der Waals surface area contributed by atoms with Crippen LogP contribution in [0.3, 0.4) is 0 Å². The van der Waals surface area contributed by atoms with E-state index in [4.69, 9.17) is 0 Å². The van der Waals surface area contributed by atoms with Crippen LogP contribution in [0.4, 0.5) is 5.69 Å². The maximum absolute atomic E-state index is 11.5. The summed E-state index contributed by atoms with van der Waals surface area (Å²) in [7, 11) is 0. The second-order valence-corrected chi connectivity index (χ2v) is 4.65. The second kappa shape index (κ2) is 3.94. The number of carbonyl (C=O) groups is 1. The molecule has 1 unspecified atom stereocenters. The van der Waals surface area contributed by atoms with Gasteiger partial charge in [0.15, 0.2) is 0 Å². The predicted octanol–water partition coefficient (Wildman–Crippen LogP) is 1.86. The lowest BCUT2D eigenvalue weighted by molar-refractivity contribution is -0.117. The molecule has 0 aromatic heterocycles. The molecule has 15 heavy (non-hydrogen) atoms. The summed E-state index contributed by atoms with van der Waals surface area (Å²) in [6, 6.07) is 5.75. The van der Waals surface area contributed by atoms with Gasteiger partial charge in [0.1, 0.15) is 0 Å². The van der Waals surface area contributed by atoms with Crippen molar-refractivity contribution in [3.05, 3.63) is 28.2 Å². The number of amides is 1. The first-order valence-electron chi connectivity index (χ1n) is 4.82. The van der Waals surface area contributed by atoms with E-state index < -0.39 is 6.10 Å². The van der Waals surface area contributed by atoms with E-state index in [1.54, 1.807) is 4.90 Å². The molecule has 80 valence electrons. The molecule has 2 rings (SSSR count). The van der Waals surface area contributed by atoms with Gasteiger partial charge in [-0.05, 0) is 30.7 Å². The van der Waals surface area contributed by atoms with Gasteiger partial charge in [-0.3, -0.25) is 4.79 Å². The Kier molecular flexibility index (Phi) is 2.80. The second-order valence-electron chi connectivity index (χ2n) is 3.80. The monoisotopic (exact) mass is 269 g/mol. The molecule has 1 amide bonds. The third-order valence-corrected chi connectivity index (χ3v) is 3.45. The van der Waals surface area contributed by atoms with Gasteiger partial charge in [0.25, 0.3) is 0 Å². The molecule has 4 heteroatoms. The molecule has 3 nitrogen and oxygen atoms in total. The average molecular weight is 270 g/mol. The van der Waals surface area contributed by atoms with E-state index in [2.05, 4.69) is 15.9 Å². The SMILES string of the molecule is Cc1cc(N2CC(O)CC2=O)ccc1Br. The van der Waals surface area contributed by atoms with Crippen LogP contribution in [0.2, 0.25) is 0 Å². The van der Waals surface area contributed by atoms with Gasteiger partial charge in [-0.1, -0.05) is 15.9 Å². The van der Waals surface area contributed by atoms with Crippen molar-refractivity contribution in [3.8, 4) is 0 Å². The highest BCUT2D eigenvalue weighted by Crippen LogP contribution is 2.26. The summed E-state index contributed by atoms with van der Waals surface area (Å²) in [5.74, 6) is -0.00998. The fourth-order valence-electron chi connectivity index (χ4n) is 1.74. The molecule has 1 aromatic carbocycles. The number of anilines is 1. The standard InChI is InChI=1S/C11H12BrNO2/c1-7-4-8(2-3-10(7)12)13-6-9(14)5-11(13)15/h2-4,9,14H,5-6H2,1H3. The first-order valence-corrected chi connectivity index (χ1v) is 5.62. The minimum atomic E-state index is -0.526. The Labute approximate surface area is 96.8 Å². The van der Waals surface area contributed by atoms with Gasteiger partial charge in [-0.2, -0.15) is 0 Å². The van der Waals surface area contributed by atoms with Crippen LogP contribution in [0, 0.1) is 6.92 Å². The van der Waals surface area contributed by atoms with Gasteiger partial charge in [0, 0.05) is 10.2 Å². The molecule has 0 saturated carbocycles. The lowest BCUT2D eigenvalue weighted by Gasteiger charge is -2.16. The van der Waals surface area contributed by atoms with Gasteiger partial charge < -0.3 is 10.0 Å². The first-order chi connectivity index (χ1) is 7.08. The topological polar surface area (TPSA) is 40.5 Å². The summed E-state index contributed by atoms with van der Waals surface area (Å²) >= 11 is 3.41. The van der Waals surface area contributed by atoms with Gasteiger partial charge >= 0.3 is 0 Å². The number of carbonyl (C=O) groups excluding carboxylic acids is 1. The minimum absolute atomic E-state index is 0.00998. The molecule has 1 heterocycles. The van der Waals surface area contributed by atoms with E-state index in [0.717, 1.165) is 15.7 Å². The van der Waals surface area contributed by atoms with Gasteiger partial charge in [0.05, 0.1) is 19.1 Å². The maximum Gasteiger partial charge on any atom is 0.229 e. The largest absolute Gasteiger partial charge is 0.391 e. The van der Waals surface area contributed by atoms with Crippen LogP contribution in [0.5, 0.6) is 0 Å². The van der Waals surface area contributed by atoms with Crippen molar-refractivity contribution in [2.24, 2.45) is 0 Å². The zero-order chi connectivity index (χ0) is 11.0. The molecule has 0 bridgehead atoms. The van der Waals surface area contributed by atoms with E-state index >= 15 is 0 Å². The van der Waals surface area contributed by atoms with Crippen LogP contribution in [0.1, 0.15) is 12.0 Å². The van der Waals surface area contributed by atoms with Crippen LogP contribution in [-0.4, -0.2) is 23.7 Å². The van der Waals surface area contributed by atoms with Crippen molar-refractivity contribution < 1.29 is 9.90 Å². The molecule has 1 aliphatic heterocycles. The van der Waals surface area contributed by atoms with Crippen molar-refractivity contribution in [3.63, 3.8) is 0 Å². The van der Waals surface area contributed by atoms with E-state index in [-0.39, 0.29) is 12.3 Å². The molecular weight excluding hydrogens is 258 g/mol. The Morgan fingerprint density at radius 1 is 1.53 bits per heavy atom. The molecule has 1 aromatic rings. The Balaban J connectivity index is 2.30. The van der Waals surface area contributed by atoms with E-state index in [1.807, 2.05) is 25.1 Å². The molecule has 0 spiro atoms. The molecule has 1 saturated heterocycles.